The molecular weight excluding hydrogens is 408 g/mol. The molecule has 164 valence electrons. The molecule has 0 aliphatic carbocycles. The van der Waals surface area contributed by atoms with Crippen LogP contribution in [0.2, 0.25) is 0 Å². The maximum absolute atomic E-state index is 12.5. The summed E-state index contributed by atoms with van der Waals surface area (Å²) in [6.07, 6.45) is 5.53. The van der Waals surface area contributed by atoms with Crippen molar-refractivity contribution in [2.45, 2.75) is 51.7 Å². The van der Waals surface area contributed by atoms with Crippen LogP contribution in [0.25, 0.3) is 11.0 Å². The lowest BCUT2D eigenvalue weighted by atomic mass is 10.1. The van der Waals surface area contributed by atoms with Crippen LogP contribution in [0.4, 0.5) is 5.82 Å². The molecule has 1 fully saturated rings. The maximum atomic E-state index is 12.5. The molecule has 1 N–H and O–H groups in total. The van der Waals surface area contributed by atoms with E-state index in [2.05, 4.69) is 22.2 Å². The molecule has 1 aliphatic rings. The molecule has 8 heteroatoms. The van der Waals surface area contributed by atoms with Crippen LogP contribution in [0.3, 0.4) is 0 Å². The number of thioether (sulfide) groups is 1. The highest BCUT2D eigenvalue weighted by Crippen LogP contribution is 2.29. The number of aromatic nitrogens is 4. The van der Waals surface area contributed by atoms with E-state index in [-0.39, 0.29) is 5.91 Å². The van der Waals surface area contributed by atoms with Crippen molar-refractivity contribution in [2.24, 2.45) is 0 Å². The minimum absolute atomic E-state index is 0.0644. The molecule has 1 aromatic carbocycles. The first kappa shape index (κ1) is 21.6. The van der Waals surface area contributed by atoms with Crippen LogP contribution in [0, 0.1) is 13.8 Å². The van der Waals surface area contributed by atoms with Crippen LogP contribution >= 0.6 is 11.8 Å². The zero-order valence-corrected chi connectivity index (χ0v) is 19.3. The van der Waals surface area contributed by atoms with Crippen LogP contribution in [-0.4, -0.2) is 51.0 Å². The van der Waals surface area contributed by atoms with Gasteiger partial charge in [0, 0.05) is 25.2 Å². The van der Waals surface area contributed by atoms with Gasteiger partial charge in [-0.2, -0.15) is 5.10 Å². The minimum Gasteiger partial charge on any atom is -0.356 e. The van der Waals surface area contributed by atoms with Crippen molar-refractivity contribution in [3.8, 4) is 0 Å². The molecule has 4 rings (SSSR count). The van der Waals surface area contributed by atoms with Crippen molar-refractivity contribution in [1.29, 1.82) is 0 Å². The fraction of sp³-hybridized carbons (Fsp3) is 0.478. The van der Waals surface area contributed by atoms with Crippen molar-refractivity contribution >= 4 is 34.5 Å². The van der Waals surface area contributed by atoms with E-state index < -0.39 is 0 Å². The van der Waals surface area contributed by atoms with Gasteiger partial charge in [-0.3, -0.25) is 4.79 Å². The standard InChI is InChI=1S/C23H30N6OS/c1-4-31-23-26-20(28-11-6-5-7-12-28)19-15-25-29(21(19)27-23)13-10-24-22(30)18-9-8-16(2)17(3)14-18/h8-9,14-15H,4-7,10-13H2,1-3H3,(H,24,30). The third-order valence-electron chi connectivity index (χ3n) is 5.76. The van der Waals surface area contributed by atoms with Crippen molar-refractivity contribution < 1.29 is 4.79 Å². The molecular formula is C23H30N6OS. The molecule has 0 bridgehead atoms. The maximum Gasteiger partial charge on any atom is 0.251 e. The first-order valence-electron chi connectivity index (χ1n) is 11.0. The van der Waals surface area contributed by atoms with E-state index in [9.17, 15) is 4.79 Å². The van der Waals surface area contributed by atoms with Gasteiger partial charge in [-0.1, -0.05) is 24.8 Å². The number of rotatable bonds is 7. The Labute approximate surface area is 187 Å². The second-order valence-corrected chi connectivity index (χ2v) is 9.20. The lowest BCUT2D eigenvalue weighted by Crippen LogP contribution is -2.30. The first-order valence-corrected chi connectivity index (χ1v) is 12.0. The molecule has 1 saturated heterocycles. The number of anilines is 1. The topological polar surface area (TPSA) is 75.9 Å². The Morgan fingerprint density at radius 3 is 2.68 bits per heavy atom. The smallest absolute Gasteiger partial charge is 0.251 e. The number of carbonyl (C=O) groups excluding carboxylic acids is 1. The summed E-state index contributed by atoms with van der Waals surface area (Å²) in [5.74, 6) is 1.85. The molecule has 3 aromatic rings. The third-order valence-corrected chi connectivity index (χ3v) is 6.49. The highest BCUT2D eigenvalue weighted by atomic mass is 32.2. The highest BCUT2D eigenvalue weighted by molar-refractivity contribution is 7.99. The average molecular weight is 439 g/mol. The molecule has 1 aliphatic heterocycles. The van der Waals surface area contributed by atoms with Gasteiger partial charge in [0.15, 0.2) is 10.8 Å². The van der Waals surface area contributed by atoms with Crippen LogP contribution < -0.4 is 10.2 Å². The summed E-state index contributed by atoms with van der Waals surface area (Å²) in [7, 11) is 0. The van der Waals surface area contributed by atoms with Crippen molar-refractivity contribution in [3.63, 3.8) is 0 Å². The van der Waals surface area contributed by atoms with Crippen LogP contribution in [-0.2, 0) is 6.54 Å². The number of carbonyl (C=O) groups is 1. The normalized spacial score (nSPS) is 14.2. The van der Waals surface area contributed by atoms with Gasteiger partial charge in [0.2, 0.25) is 0 Å². The highest BCUT2D eigenvalue weighted by Gasteiger charge is 2.20. The number of hydrogen-bond donors (Lipinski definition) is 1. The zero-order chi connectivity index (χ0) is 21.8. The zero-order valence-electron chi connectivity index (χ0n) is 18.5. The molecule has 0 unspecified atom stereocenters. The second kappa shape index (κ2) is 9.68. The Bertz CT molecular complexity index is 1070. The van der Waals surface area contributed by atoms with E-state index in [0.717, 1.165) is 46.4 Å². The van der Waals surface area contributed by atoms with E-state index in [1.807, 2.05) is 42.9 Å². The lowest BCUT2D eigenvalue weighted by molar-refractivity contribution is 0.0952. The Morgan fingerprint density at radius 2 is 1.94 bits per heavy atom. The van der Waals surface area contributed by atoms with E-state index in [1.165, 1.54) is 24.8 Å². The molecule has 1 amide bonds. The van der Waals surface area contributed by atoms with Crippen molar-refractivity contribution in [2.75, 3.05) is 30.3 Å². The third kappa shape index (κ3) is 4.84. The van der Waals surface area contributed by atoms with Gasteiger partial charge in [-0.05, 0) is 62.1 Å². The second-order valence-electron chi connectivity index (χ2n) is 7.97. The van der Waals surface area contributed by atoms with Gasteiger partial charge < -0.3 is 10.2 Å². The van der Waals surface area contributed by atoms with Gasteiger partial charge in [0.05, 0.1) is 18.1 Å². The van der Waals surface area contributed by atoms with Gasteiger partial charge in [0.25, 0.3) is 5.91 Å². The SMILES string of the molecule is CCSc1nc(N2CCCCC2)c2cnn(CCNC(=O)c3ccc(C)c(C)c3)c2n1. The predicted molar refractivity (Wildman–Crippen MR) is 126 cm³/mol. The van der Waals surface area contributed by atoms with E-state index >= 15 is 0 Å². The lowest BCUT2D eigenvalue weighted by Gasteiger charge is -2.28. The summed E-state index contributed by atoms with van der Waals surface area (Å²) in [5.41, 5.74) is 3.83. The number of piperidine rings is 1. The minimum atomic E-state index is -0.0644. The number of nitrogens with one attached hydrogen (secondary N) is 1. The molecule has 31 heavy (non-hydrogen) atoms. The number of nitrogens with zero attached hydrogens (tertiary/aromatic N) is 5. The number of aryl methyl sites for hydroxylation is 2. The van der Waals surface area contributed by atoms with Crippen molar-refractivity contribution in [1.82, 2.24) is 25.1 Å². The monoisotopic (exact) mass is 438 g/mol. The number of benzene rings is 1. The largest absolute Gasteiger partial charge is 0.356 e. The quantitative estimate of drug-likeness (QED) is 0.444. The molecule has 0 saturated carbocycles. The molecule has 3 heterocycles. The van der Waals surface area contributed by atoms with E-state index in [4.69, 9.17) is 9.97 Å². The number of fused-ring (bicyclic) bond motifs is 1. The number of hydrogen-bond acceptors (Lipinski definition) is 6. The van der Waals surface area contributed by atoms with E-state index in [1.54, 1.807) is 11.8 Å². The molecule has 2 aromatic heterocycles. The van der Waals surface area contributed by atoms with Gasteiger partial charge in [0.1, 0.15) is 5.82 Å². The molecule has 0 atom stereocenters. The Kier molecular flexibility index (Phi) is 6.75. The Hall–Kier alpha value is -2.61. The fourth-order valence-electron chi connectivity index (χ4n) is 3.89. The summed E-state index contributed by atoms with van der Waals surface area (Å²) in [6.45, 7) is 9.28. The predicted octanol–water partition coefficient (Wildman–Crippen LogP) is 3.98. The molecule has 0 radical (unpaired) electrons. The summed E-state index contributed by atoms with van der Waals surface area (Å²) >= 11 is 1.65. The van der Waals surface area contributed by atoms with Gasteiger partial charge >= 0.3 is 0 Å². The van der Waals surface area contributed by atoms with Gasteiger partial charge in [-0.25, -0.2) is 14.6 Å². The van der Waals surface area contributed by atoms with Crippen LogP contribution in [0.15, 0.2) is 29.6 Å². The van der Waals surface area contributed by atoms with E-state index in [0.29, 0.717) is 18.7 Å². The molecule has 7 nitrogen and oxygen atoms in total. The van der Waals surface area contributed by atoms with Gasteiger partial charge in [-0.15, -0.1) is 0 Å². The summed E-state index contributed by atoms with van der Waals surface area (Å²) in [5, 5.41) is 9.36. The van der Waals surface area contributed by atoms with Crippen LogP contribution in [0.5, 0.6) is 0 Å². The Balaban J connectivity index is 1.51. The summed E-state index contributed by atoms with van der Waals surface area (Å²) in [4.78, 5) is 24.5. The fourth-order valence-corrected chi connectivity index (χ4v) is 4.45. The Morgan fingerprint density at radius 1 is 1.13 bits per heavy atom. The molecule has 0 spiro atoms. The number of amides is 1. The summed E-state index contributed by atoms with van der Waals surface area (Å²) in [6, 6.07) is 5.78. The average Bonchev–Trinajstić information content (AvgIpc) is 3.19. The summed E-state index contributed by atoms with van der Waals surface area (Å²) < 4.78 is 1.88. The van der Waals surface area contributed by atoms with Crippen molar-refractivity contribution in [3.05, 3.63) is 41.1 Å². The van der Waals surface area contributed by atoms with Crippen LogP contribution in [0.1, 0.15) is 47.7 Å². The first-order chi connectivity index (χ1) is 15.1.